The Kier molecular flexibility index (Phi) is 4.86. The number of nitrogens with one attached hydrogen (secondary N) is 1. The van der Waals surface area contributed by atoms with E-state index in [1.807, 2.05) is 0 Å². The zero-order chi connectivity index (χ0) is 18.9. The van der Waals surface area contributed by atoms with Gasteiger partial charge in [-0.3, -0.25) is 4.79 Å². The van der Waals surface area contributed by atoms with Crippen LogP contribution in [-0.2, 0) is 20.2 Å². The van der Waals surface area contributed by atoms with Gasteiger partial charge >= 0.3 is 0 Å². The van der Waals surface area contributed by atoms with Crippen LogP contribution in [0.2, 0.25) is 0 Å². The number of rotatable bonds is 5. The zero-order valence-electron chi connectivity index (χ0n) is 14.7. The number of hydrogen-bond acceptors (Lipinski definition) is 3. The quantitative estimate of drug-likeness (QED) is 0.872. The number of anilines is 1. The smallest absolute Gasteiger partial charge is 0.242 e. The van der Waals surface area contributed by atoms with Crippen LogP contribution in [0.4, 0.5) is 10.1 Å². The van der Waals surface area contributed by atoms with E-state index in [0.717, 1.165) is 16.3 Å². The van der Waals surface area contributed by atoms with Crippen molar-refractivity contribution < 1.29 is 17.6 Å². The molecule has 0 spiro atoms. The standard InChI is InChI=1S/C19H21FN2O3S/c1-22(2)26(24,25)17-6-3-5-16(13-17)21-18(23)19(11-4-12-19)14-7-9-15(20)10-8-14/h3,5-10,13H,4,11-12H2,1-2H3,(H,21,23). The molecular formula is C19H21FN2O3S. The third kappa shape index (κ3) is 3.24. The minimum Gasteiger partial charge on any atom is -0.325 e. The van der Waals surface area contributed by atoms with Gasteiger partial charge in [-0.2, -0.15) is 0 Å². The first-order valence-corrected chi connectivity index (χ1v) is 9.80. The second kappa shape index (κ2) is 6.81. The van der Waals surface area contributed by atoms with Gasteiger partial charge in [-0.25, -0.2) is 17.1 Å². The van der Waals surface area contributed by atoms with Gasteiger partial charge in [-0.15, -0.1) is 0 Å². The number of benzene rings is 2. The molecule has 26 heavy (non-hydrogen) atoms. The lowest BCUT2D eigenvalue weighted by molar-refractivity contribution is -0.124. The van der Waals surface area contributed by atoms with E-state index < -0.39 is 15.4 Å². The maximum Gasteiger partial charge on any atom is 0.242 e. The Balaban J connectivity index is 1.87. The predicted molar refractivity (Wildman–Crippen MR) is 97.9 cm³/mol. The van der Waals surface area contributed by atoms with Crippen molar-refractivity contribution in [2.45, 2.75) is 29.6 Å². The third-order valence-electron chi connectivity index (χ3n) is 4.91. The van der Waals surface area contributed by atoms with Crippen molar-refractivity contribution in [2.75, 3.05) is 19.4 Å². The molecule has 0 bridgehead atoms. The lowest BCUT2D eigenvalue weighted by atomic mass is 9.64. The van der Waals surface area contributed by atoms with Crippen molar-refractivity contribution in [3.8, 4) is 0 Å². The minimum absolute atomic E-state index is 0.116. The van der Waals surface area contributed by atoms with Gasteiger partial charge in [-0.1, -0.05) is 24.6 Å². The van der Waals surface area contributed by atoms with Crippen LogP contribution < -0.4 is 5.32 Å². The van der Waals surface area contributed by atoms with Crippen LogP contribution in [0.25, 0.3) is 0 Å². The summed E-state index contributed by atoms with van der Waals surface area (Å²) in [7, 11) is -0.665. The van der Waals surface area contributed by atoms with Gasteiger partial charge in [0.15, 0.2) is 0 Å². The maximum atomic E-state index is 13.2. The first kappa shape index (κ1) is 18.5. The van der Waals surface area contributed by atoms with Gasteiger partial charge in [0.05, 0.1) is 10.3 Å². The molecule has 2 aromatic carbocycles. The number of carbonyl (C=O) groups is 1. The molecule has 5 nitrogen and oxygen atoms in total. The van der Waals surface area contributed by atoms with Gasteiger partial charge in [0.2, 0.25) is 15.9 Å². The molecular weight excluding hydrogens is 355 g/mol. The number of sulfonamides is 1. The van der Waals surface area contributed by atoms with Crippen LogP contribution in [0.1, 0.15) is 24.8 Å². The van der Waals surface area contributed by atoms with Crippen molar-refractivity contribution in [1.82, 2.24) is 4.31 Å². The molecule has 0 aliphatic heterocycles. The lowest BCUT2D eigenvalue weighted by Crippen LogP contribution is -2.46. The summed E-state index contributed by atoms with van der Waals surface area (Å²) in [6.07, 6.45) is 2.28. The van der Waals surface area contributed by atoms with Crippen molar-refractivity contribution in [3.05, 3.63) is 59.9 Å². The first-order valence-electron chi connectivity index (χ1n) is 8.36. The molecule has 0 atom stereocenters. The van der Waals surface area contributed by atoms with Gasteiger partial charge in [0.1, 0.15) is 5.82 Å². The highest BCUT2D eigenvalue weighted by molar-refractivity contribution is 7.89. The van der Waals surface area contributed by atoms with E-state index in [1.165, 1.54) is 38.4 Å². The highest BCUT2D eigenvalue weighted by Gasteiger charge is 2.45. The number of halogens is 1. The molecule has 0 saturated heterocycles. The summed E-state index contributed by atoms with van der Waals surface area (Å²) in [5.74, 6) is -0.542. The molecule has 7 heteroatoms. The van der Waals surface area contributed by atoms with Crippen molar-refractivity contribution in [2.24, 2.45) is 0 Å². The Morgan fingerprint density at radius 2 is 1.77 bits per heavy atom. The summed E-state index contributed by atoms with van der Waals surface area (Å²) in [4.78, 5) is 13.0. The SMILES string of the molecule is CN(C)S(=O)(=O)c1cccc(NC(=O)C2(c3ccc(F)cc3)CCC2)c1. The van der Waals surface area contributed by atoms with Gasteiger partial charge < -0.3 is 5.32 Å². The summed E-state index contributed by atoms with van der Waals surface area (Å²) in [5.41, 5.74) is 0.510. The summed E-state index contributed by atoms with van der Waals surface area (Å²) in [6, 6.07) is 12.2. The van der Waals surface area contributed by atoms with Crippen LogP contribution >= 0.6 is 0 Å². The zero-order valence-corrected chi connectivity index (χ0v) is 15.5. The number of carbonyl (C=O) groups excluding carboxylic acids is 1. The van der Waals surface area contributed by atoms with Crippen LogP contribution in [0.15, 0.2) is 53.4 Å². The Hall–Kier alpha value is -2.25. The molecule has 1 fully saturated rings. The number of nitrogens with zero attached hydrogens (tertiary/aromatic N) is 1. The Morgan fingerprint density at radius 3 is 2.31 bits per heavy atom. The predicted octanol–water partition coefficient (Wildman–Crippen LogP) is 3.14. The maximum absolute atomic E-state index is 13.2. The second-order valence-electron chi connectivity index (χ2n) is 6.71. The molecule has 1 saturated carbocycles. The van der Waals surface area contributed by atoms with Crippen LogP contribution in [0, 0.1) is 5.82 Å². The summed E-state index contributed by atoms with van der Waals surface area (Å²) in [5, 5.41) is 2.83. The molecule has 1 amide bonds. The minimum atomic E-state index is -3.58. The van der Waals surface area contributed by atoms with E-state index in [0.29, 0.717) is 18.5 Å². The third-order valence-corrected chi connectivity index (χ3v) is 6.72. The van der Waals surface area contributed by atoms with E-state index in [9.17, 15) is 17.6 Å². The first-order chi connectivity index (χ1) is 12.3. The van der Waals surface area contributed by atoms with E-state index in [1.54, 1.807) is 24.3 Å². The molecule has 1 aliphatic rings. The average molecular weight is 376 g/mol. The van der Waals surface area contributed by atoms with Crippen LogP contribution in [-0.4, -0.2) is 32.7 Å². The van der Waals surface area contributed by atoms with E-state index in [4.69, 9.17) is 0 Å². The van der Waals surface area contributed by atoms with E-state index >= 15 is 0 Å². The molecule has 2 aromatic rings. The molecule has 0 aromatic heterocycles. The van der Waals surface area contributed by atoms with Crippen molar-refractivity contribution >= 4 is 21.6 Å². The number of hydrogen-bond donors (Lipinski definition) is 1. The fraction of sp³-hybridized carbons (Fsp3) is 0.316. The fourth-order valence-electron chi connectivity index (χ4n) is 3.14. The van der Waals surface area contributed by atoms with E-state index in [2.05, 4.69) is 5.32 Å². The molecule has 3 rings (SSSR count). The highest BCUT2D eigenvalue weighted by atomic mass is 32.2. The molecule has 0 unspecified atom stereocenters. The highest BCUT2D eigenvalue weighted by Crippen LogP contribution is 2.44. The molecule has 0 radical (unpaired) electrons. The normalized spacial score (nSPS) is 16.2. The molecule has 138 valence electrons. The second-order valence-corrected chi connectivity index (χ2v) is 8.86. The average Bonchev–Trinajstić information content (AvgIpc) is 2.55. The monoisotopic (exact) mass is 376 g/mol. The lowest BCUT2D eigenvalue weighted by Gasteiger charge is -2.40. The summed E-state index contributed by atoms with van der Waals surface area (Å²) in [6.45, 7) is 0. The Bertz CT molecular complexity index is 920. The van der Waals surface area contributed by atoms with Gasteiger partial charge in [0.25, 0.3) is 0 Å². The summed E-state index contributed by atoms with van der Waals surface area (Å²) >= 11 is 0. The largest absolute Gasteiger partial charge is 0.325 e. The van der Waals surface area contributed by atoms with Crippen LogP contribution in [0.3, 0.4) is 0 Å². The topological polar surface area (TPSA) is 66.5 Å². The van der Waals surface area contributed by atoms with Crippen molar-refractivity contribution in [1.29, 1.82) is 0 Å². The van der Waals surface area contributed by atoms with Crippen LogP contribution in [0.5, 0.6) is 0 Å². The van der Waals surface area contributed by atoms with Crippen molar-refractivity contribution in [3.63, 3.8) is 0 Å². The Labute approximate surface area is 152 Å². The van der Waals surface area contributed by atoms with E-state index in [-0.39, 0.29) is 16.6 Å². The van der Waals surface area contributed by atoms with Gasteiger partial charge in [-0.05, 0) is 48.7 Å². The fourth-order valence-corrected chi connectivity index (χ4v) is 4.09. The molecule has 1 N–H and O–H groups in total. The summed E-state index contributed by atoms with van der Waals surface area (Å²) < 4.78 is 38.9. The molecule has 1 aliphatic carbocycles. The Morgan fingerprint density at radius 1 is 1.12 bits per heavy atom. The van der Waals surface area contributed by atoms with Gasteiger partial charge in [0, 0.05) is 19.8 Å². The molecule has 0 heterocycles. The number of amides is 1.